The fourth-order valence-corrected chi connectivity index (χ4v) is 3.96. The Hall–Kier alpha value is -4.46. The van der Waals surface area contributed by atoms with Crippen LogP contribution in [0.25, 0.3) is 0 Å². The monoisotopic (exact) mass is 529 g/mol. The van der Waals surface area contributed by atoms with E-state index in [0.717, 1.165) is 11.1 Å². The maximum atomic E-state index is 13.3. The summed E-state index contributed by atoms with van der Waals surface area (Å²) < 4.78 is 5.30. The summed E-state index contributed by atoms with van der Waals surface area (Å²) in [5, 5.41) is 8.07. The number of benzene rings is 3. The van der Waals surface area contributed by atoms with Gasteiger partial charge in [0.15, 0.2) is 5.78 Å². The molecule has 0 aromatic heterocycles. The third-order valence-electron chi connectivity index (χ3n) is 5.96. The van der Waals surface area contributed by atoms with Crippen molar-refractivity contribution in [2.45, 2.75) is 45.4 Å². The van der Waals surface area contributed by atoms with E-state index in [1.807, 2.05) is 74.5 Å². The summed E-state index contributed by atoms with van der Waals surface area (Å²) in [5.41, 5.74) is 2.14. The molecule has 0 spiro atoms. The lowest BCUT2D eigenvalue weighted by atomic mass is 10.0. The number of carbonyl (C=O) groups excluding carboxylic acids is 4. The molecular weight excluding hydrogens is 494 g/mol. The number of alkyl carbamates (subject to hydrolysis) is 1. The van der Waals surface area contributed by atoms with Crippen molar-refractivity contribution in [3.05, 3.63) is 108 Å². The van der Waals surface area contributed by atoms with Crippen molar-refractivity contribution < 1.29 is 23.9 Å². The number of nitrogens with one attached hydrogen (secondary N) is 3. The molecule has 0 saturated heterocycles. The van der Waals surface area contributed by atoms with Crippen LogP contribution in [-0.4, -0.2) is 42.3 Å². The predicted molar refractivity (Wildman–Crippen MR) is 149 cm³/mol. The molecule has 0 heterocycles. The van der Waals surface area contributed by atoms with E-state index in [1.165, 1.54) is 0 Å². The summed E-state index contributed by atoms with van der Waals surface area (Å²) in [6.45, 7) is 3.72. The molecule has 0 unspecified atom stereocenters. The fraction of sp³-hybridized carbons (Fsp3) is 0.290. The Kier molecular flexibility index (Phi) is 11.2. The summed E-state index contributed by atoms with van der Waals surface area (Å²) in [5.74, 6) is -1.16. The molecule has 0 aliphatic carbocycles. The third-order valence-corrected chi connectivity index (χ3v) is 5.96. The molecule has 0 bridgehead atoms. The first-order chi connectivity index (χ1) is 18.8. The number of hydrogen-bond donors (Lipinski definition) is 3. The minimum atomic E-state index is -0.958. The van der Waals surface area contributed by atoms with Gasteiger partial charge in [-0.2, -0.15) is 0 Å². The number of ketones is 1. The minimum absolute atomic E-state index is 0.0666. The molecule has 0 fully saturated rings. The average molecular weight is 530 g/mol. The van der Waals surface area contributed by atoms with Crippen LogP contribution >= 0.6 is 0 Å². The fourth-order valence-electron chi connectivity index (χ4n) is 3.96. The topological polar surface area (TPSA) is 114 Å². The zero-order valence-electron chi connectivity index (χ0n) is 22.3. The molecule has 8 heteroatoms. The van der Waals surface area contributed by atoms with Gasteiger partial charge in [-0.15, -0.1) is 0 Å². The van der Waals surface area contributed by atoms with Crippen molar-refractivity contribution in [1.29, 1.82) is 0 Å². The highest BCUT2D eigenvalue weighted by molar-refractivity contribution is 6.00. The lowest BCUT2D eigenvalue weighted by Gasteiger charge is -2.24. The Morgan fingerprint density at radius 2 is 1.26 bits per heavy atom. The summed E-state index contributed by atoms with van der Waals surface area (Å²) in [4.78, 5) is 51.5. The van der Waals surface area contributed by atoms with Gasteiger partial charge in [-0.05, 0) is 23.5 Å². The van der Waals surface area contributed by atoms with Crippen molar-refractivity contribution >= 4 is 23.7 Å². The number of amides is 3. The van der Waals surface area contributed by atoms with Gasteiger partial charge in [-0.3, -0.25) is 14.4 Å². The number of rotatable bonds is 13. The molecule has 0 aliphatic heterocycles. The Bertz CT molecular complexity index is 1220. The zero-order valence-corrected chi connectivity index (χ0v) is 22.3. The lowest BCUT2D eigenvalue weighted by molar-refractivity contribution is -0.130. The van der Waals surface area contributed by atoms with Gasteiger partial charge in [0.25, 0.3) is 0 Å². The maximum absolute atomic E-state index is 13.3. The quantitative estimate of drug-likeness (QED) is 0.289. The minimum Gasteiger partial charge on any atom is -0.445 e. The van der Waals surface area contributed by atoms with Gasteiger partial charge in [0, 0.05) is 12.0 Å². The first-order valence-corrected chi connectivity index (χ1v) is 13.0. The van der Waals surface area contributed by atoms with E-state index in [1.54, 1.807) is 30.3 Å². The normalized spacial score (nSPS) is 12.2. The van der Waals surface area contributed by atoms with Crippen LogP contribution in [0.2, 0.25) is 0 Å². The Labute approximate surface area is 229 Å². The smallest absolute Gasteiger partial charge is 0.408 e. The molecular formula is C31H35N3O5. The van der Waals surface area contributed by atoms with Crippen LogP contribution in [0, 0.1) is 5.92 Å². The highest BCUT2D eigenvalue weighted by Crippen LogP contribution is 2.09. The third kappa shape index (κ3) is 10.1. The van der Waals surface area contributed by atoms with Crippen molar-refractivity contribution in [3.8, 4) is 0 Å². The van der Waals surface area contributed by atoms with Crippen molar-refractivity contribution in [1.82, 2.24) is 16.0 Å². The van der Waals surface area contributed by atoms with Gasteiger partial charge in [0.1, 0.15) is 18.7 Å². The number of hydrogen-bond acceptors (Lipinski definition) is 5. The molecule has 3 N–H and O–H groups in total. The van der Waals surface area contributed by atoms with Crippen LogP contribution in [0.1, 0.15) is 41.8 Å². The van der Waals surface area contributed by atoms with E-state index in [2.05, 4.69) is 16.0 Å². The SMILES string of the molecule is CC(C)C[C@H](NC(=O)OCc1ccccc1)C(=O)N[C@@H](Cc1ccccc1)C(=O)NCC(=O)c1ccccc1. The molecule has 3 aromatic rings. The molecule has 0 saturated carbocycles. The van der Waals surface area contributed by atoms with Crippen LogP contribution < -0.4 is 16.0 Å². The van der Waals surface area contributed by atoms with Gasteiger partial charge >= 0.3 is 6.09 Å². The Balaban J connectivity index is 1.67. The van der Waals surface area contributed by atoms with Crippen molar-refractivity contribution in [2.75, 3.05) is 6.54 Å². The number of ether oxygens (including phenoxy) is 1. The molecule has 3 aromatic carbocycles. The molecule has 39 heavy (non-hydrogen) atoms. The molecule has 3 rings (SSSR count). The largest absolute Gasteiger partial charge is 0.445 e. The molecule has 2 atom stereocenters. The van der Waals surface area contributed by atoms with Crippen LogP contribution in [0.5, 0.6) is 0 Å². The first-order valence-electron chi connectivity index (χ1n) is 13.0. The second-order valence-corrected chi connectivity index (χ2v) is 9.65. The van der Waals surface area contributed by atoms with Crippen molar-refractivity contribution in [3.63, 3.8) is 0 Å². The van der Waals surface area contributed by atoms with E-state index in [0.29, 0.717) is 12.0 Å². The molecule has 0 aliphatic rings. The number of carbonyl (C=O) groups is 4. The molecule has 0 radical (unpaired) electrons. The summed E-state index contributed by atoms with van der Waals surface area (Å²) in [7, 11) is 0. The zero-order chi connectivity index (χ0) is 28.0. The summed E-state index contributed by atoms with van der Waals surface area (Å²) in [6, 6.07) is 25.3. The first kappa shape index (κ1) is 29.1. The summed E-state index contributed by atoms with van der Waals surface area (Å²) in [6.07, 6.45) is -0.166. The lowest BCUT2D eigenvalue weighted by Crippen LogP contribution is -2.55. The van der Waals surface area contributed by atoms with Gasteiger partial charge in [0.05, 0.1) is 6.54 Å². The van der Waals surface area contributed by atoms with Gasteiger partial charge < -0.3 is 20.7 Å². The van der Waals surface area contributed by atoms with E-state index in [4.69, 9.17) is 4.74 Å². The Morgan fingerprint density at radius 1 is 0.692 bits per heavy atom. The van der Waals surface area contributed by atoms with Crippen LogP contribution in [0.15, 0.2) is 91.0 Å². The second-order valence-electron chi connectivity index (χ2n) is 9.65. The highest BCUT2D eigenvalue weighted by Gasteiger charge is 2.28. The van der Waals surface area contributed by atoms with Crippen molar-refractivity contribution in [2.24, 2.45) is 5.92 Å². The maximum Gasteiger partial charge on any atom is 0.408 e. The molecule has 3 amide bonds. The van der Waals surface area contributed by atoms with E-state index in [9.17, 15) is 19.2 Å². The Morgan fingerprint density at radius 3 is 1.85 bits per heavy atom. The predicted octanol–water partition coefficient (Wildman–Crippen LogP) is 4.05. The molecule has 204 valence electrons. The van der Waals surface area contributed by atoms with E-state index < -0.39 is 30.0 Å². The number of Topliss-reactive ketones (excluding diaryl/α,β-unsaturated/α-hetero) is 1. The second kappa shape index (κ2) is 15.1. The molecule has 8 nitrogen and oxygen atoms in total. The van der Waals surface area contributed by atoms with E-state index in [-0.39, 0.29) is 31.3 Å². The summed E-state index contributed by atoms with van der Waals surface area (Å²) >= 11 is 0. The van der Waals surface area contributed by atoms with Gasteiger partial charge in [-0.25, -0.2) is 4.79 Å². The van der Waals surface area contributed by atoms with Crippen LogP contribution in [0.3, 0.4) is 0 Å². The standard InChI is InChI=1S/C31H35N3O5/c1-22(2)18-26(34-31(38)39-21-24-14-8-4-9-15-24)30(37)33-27(19-23-12-6-3-7-13-23)29(36)32-20-28(35)25-16-10-5-11-17-25/h3-17,22,26-27H,18-21H2,1-2H3,(H,32,36)(H,33,37)(H,34,38)/t26-,27-/m0/s1. The highest BCUT2D eigenvalue weighted by atomic mass is 16.5. The van der Waals surface area contributed by atoms with Crippen LogP contribution in [0.4, 0.5) is 4.79 Å². The van der Waals surface area contributed by atoms with Gasteiger partial charge in [0.2, 0.25) is 11.8 Å². The van der Waals surface area contributed by atoms with E-state index >= 15 is 0 Å². The average Bonchev–Trinajstić information content (AvgIpc) is 2.95. The van der Waals surface area contributed by atoms with Crippen LogP contribution in [-0.2, 0) is 27.4 Å². The van der Waals surface area contributed by atoms with Gasteiger partial charge in [-0.1, -0.05) is 105 Å².